The molecule has 0 aliphatic heterocycles. The lowest BCUT2D eigenvalue weighted by molar-refractivity contribution is 0.169. The average Bonchev–Trinajstić information content (AvgIpc) is 2.82. The minimum atomic E-state index is -0.233. The number of rotatable bonds is 6. The molecule has 0 aliphatic rings. The van der Waals surface area contributed by atoms with Crippen LogP contribution in [0.3, 0.4) is 0 Å². The largest absolute Gasteiger partial charge is 0.461 e. The van der Waals surface area contributed by atoms with Gasteiger partial charge >= 0.3 is 0 Å². The summed E-state index contributed by atoms with van der Waals surface area (Å²) in [6.45, 7) is 7.09. The van der Waals surface area contributed by atoms with Crippen LogP contribution in [-0.2, 0) is 13.0 Å². The predicted molar refractivity (Wildman–Crippen MR) is 78.2 cm³/mol. The summed E-state index contributed by atoms with van der Waals surface area (Å²) in [6.07, 6.45) is 1.77. The molecule has 1 aromatic heterocycles. The molecule has 2 rings (SSSR count). The van der Waals surface area contributed by atoms with Crippen molar-refractivity contribution in [3.05, 3.63) is 35.6 Å². The number of aliphatic hydroxyl groups excluding tert-OH is 1. The minimum absolute atomic E-state index is 0.140. The maximum atomic E-state index is 9.47. The van der Waals surface area contributed by atoms with Gasteiger partial charge < -0.3 is 14.8 Å². The predicted octanol–water partition coefficient (Wildman–Crippen LogP) is 3.25. The van der Waals surface area contributed by atoms with E-state index in [-0.39, 0.29) is 12.1 Å². The van der Waals surface area contributed by atoms with Crippen LogP contribution in [-0.4, -0.2) is 17.3 Å². The van der Waals surface area contributed by atoms with Gasteiger partial charge in [0.15, 0.2) is 0 Å². The topological polar surface area (TPSA) is 45.4 Å². The summed E-state index contributed by atoms with van der Waals surface area (Å²) < 4.78 is 5.88. The Morgan fingerprint density at radius 1 is 1.26 bits per heavy atom. The molecule has 3 heteroatoms. The van der Waals surface area contributed by atoms with E-state index in [1.807, 2.05) is 25.1 Å². The molecule has 1 heterocycles. The van der Waals surface area contributed by atoms with E-state index >= 15 is 0 Å². The van der Waals surface area contributed by atoms with E-state index in [1.165, 1.54) is 10.9 Å². The van der Waals surface area contributed by atoms with Crippen molar-refractivity contribution in [2.75, 3.05) is 6.61 Å². The number of aryl methyl sites for hydroxylation is 1. The molecule has 0 spiro atoms. The maximum absolute atomic E-state index is 9.47. The zero-order valence-corrected chi connectivity index (χ0v) is 12.0. The number of hydrogen-bond donors (Lipinski definition) is 2. The molecule has 104 valence electrons. The second-order valence-corrected chi connectivity index (χ2v) is 5.28. The molecule has 0 fully saturated rings. The molecule has 19 heavy (non-hydrogen) atoms. The lowest BCUT2D eigenvalue weighted by Crippen LogP contribution is -2.44. The molecule has 1 unspecified atom stereocenters. The van der Waals surface area contributed by atoms with Crippen molar-refractivity contribution < 1.29 is 9.52 Å². The van der Waals surface area contributed by atoms with Gasteiger partial charge in [-0.3, -0.25) is 0 Å². The van der Waals surface area contributed by atoms with Crippen molar-refractivity contribution in [3.63, 3.8) is 0 Å². The first-order valence-corrected chi connectivity index (χ1v) is 6.98. The first-order valence-electron chi connectivity index (χ1n) is 6.98. The zero-order valence-electron chi connectivity index (χ0n) is 12.0. The molecule has 1 aromatic carbocycles. The fraction of sp³-hybridized carbons (Fsp3) is 0.500. The normalized spacial score (nSPS) is 14.7. The van der Waals surface area contributed by atoms with Gasteiger partial charge in [0.05, 0.1) is 6.61 Å². The van der Waals surface area contributed by atoms with Crippen molar-refractivity contribution in [2.45, 2.75) is 45.7 Å². The third kappa shape index (κ3) is 2.82. The fourth-order valence-corrected chi connectivity index (χ4v) is 2.22. The molecule has 0 saturated heterocycles. The Hall–Kier alpha value is -1.32. The Kier molecular flexibility index (Phi) is 4.27. The fourth-order valence-electron chi connectivity index (χ4n) is 2.22. The molecule has 3 nitrogen and oxygen atoms in total. The van der Waals surface area contributed by atoms with E-state index in [1.54, 1.807) is 0 Å². The highest BCUT2D eigenvalue weighted by Gasteiger charge is 2.21. The second-order valence-electron chi connectivity index (χ2n) is 5.28. The number of hydrogen-bond acceptors (Lipinski definition) is 3. The lowest BCUT2D eigenvalue weighted by Gasteiger charge is -2.27. The summed E-state index contributed by atoms with van der Waals surface area (Å²) >= 11 is 0. The third-order valence-electron chi connectivity index (χ3n) is 3.92. The van der Waals surface area contributed by atoms with Crippen molar-refractivity contribution >= 4 is 11.0 Å². The molecule has 2 aromatic rings. The van der Waals surface area contributed by atoms with Crippen molar-refractivity contribution in [3.8, 4) is 0 Å². The first-order chi connectivity index (χ1) is 9.13. The Balaban J connectivity index is 2.29. The van der Waals surface area contributed by atoms with Crippen LogP contribution in [0.4, 0.5) is 0 Å². The lowest BCUT2D eigenvalue weighted by atomic mass is 9.99. The van der Waals surface area contributed by atoms with E-state index in [0.717, 1.165) is 30.7 Å². The number of nitrogens with one attached hydrogen (secondary N) is 1. The number of furan rings is 1. The highest BCUT2D eigenvalue weighted by atomic mass is 16.3. The van der Waals surface area contributed by atoms with Gasteiger partial charge in [0.2, 0.25) is 0 Å². The molecule has 0 saturated carbocycles. The van der Waals surface area contributed by atoms with Gasteiger partial charge in [0.25, 0.3) is 0 Å². The monoisotopic (exact) mass is 261 g/mol. The molecule has 0 radical (unpaired) electrons. The number of fused-ring (bicyclic) bond motifs is 1. The Morgan fingerprint density at radius 3 is 2.63 bits per heavy atom. The van der Waals surface area contributed by atoms with Gasteiger partial charge in [-0.1, -0.05) is 32.0 Å². The van der Waals surface area contributed by atoms with E-state index in [2.05, 4.69) is 25.2 Å². The molecule has 0 bridgehead atoms. The second kappa shape index (κ2) is 5.76. The summed E-state index contributed by atoms with van der Waals surface area (Å²) in [6, 6.07) is 8.12. The molecule has 0 amide bonds. The third-order valence-corrected chi connectivity index (χ3v) is 3.92. The maximum Gasteiger partial charge on any atom is 0.134 e. The smallest absolute Gasteiger partial charge is 0.134 e. The SMILES string of the molecule is CCc1oc2ccccc2c1CNC(C)(CC)CO. The number of aliphatic hydroxyl groups is 1. The van der Waals surface area contributed by atoms with Gasteiger partial charge in [-0.2, -0.15) is 0 Å². The van der Waals surface area contributed by atoms with Crippen LogP contribution in [0, 0.1) is 0 Å². The van der Waals surface area contributed by atoms with E-state index in [4.69, 9.17) is 4.42 Å². The van der Waals surface area contributed by atoms with Crippen LogP contribution in [0.2, 0.25) is 0 Å². The Morgan fingerprint density at radius 2 is 2.00 bits per heavy atom. The summed E-state index contributed by atoms with van der Waals surface area (Å²) in [5, 5.41) is 14.1. The molecule has 0 aliphatic carbocycles. The van der Waals surface area contributed by atoms with Crippen LogP contribution in [0.15, 0.2) is 28.7 Å². The van der Waals surface area contributed by atoms with Gasteiger partial charge in [-0.15, -0.1) is 0 Å². The number of para-hydroxylation sites is 1. The summed E-state index contributed by atoms with van der Waals surface area (Å²) in [7, 11) is 0. The van der Waals surface area contributed by atoms with Crippen molar-refractivity contribution in [1.29, 1.82) is 0 Å². The van der Waals surface area contributed by atoms with E-state index < -0.39 is 0 Å². The Labute approximate surface area is 114 Å². The summed E-state index contributed by atoms with van der Waals surface area (Å²) in [5.41, 5.74) is 1.92. The van der Waals surface area contributed by atoms with Crippen molar-refractivity contribution in [2.24, 2.45) is 0 Å². The van der Waals surface area contributed by atoms with Gasteiger partial charge in [-0.05, 0) is 19.4 Å². The van der Waals surface area contributed by atoms with Crippen LogP contribution < -0.4 is 5.32 Å². The summed E-state index contributed by atoms with van der Waals surface area (Å²) in [5.74, 6) is 1.03. The minimum Gasteiger partial charge on any atom is -0.461 e. The first kappa shape index (κ1) is 14.1. The summed E-state index contributed by atoms with van der Waals surface area (Å²) in [4.78, 5) is 0. The molecule has 1 atom stereocenters. The van der Waals surface area contributed by atoms with E-state index in [9.17, 15) is 5.11 Å². The van der Waals surface area contributed by atoms with Crippen LogP contribution in [0.1, 0.15) is 38.5 Å². The quantitative estimate of drug-likeness (QED) is 0.839. The Bertz CT molecular complexity index is 541. The van der Waals surface area contributed by atoms with Crippen LogP contribution in [0.25, 0.3) is 11.0 Å². The number of benzene rings is 1. The van der Waals surface area contributed by atoms with Crippen molar-refractivity contribution in [1.82, 2.24) is 5.32 Å². The average molecular weight is 261 g/mol. The standard InChI is InChI=1S/C16H23NO2/c1-4-14-13(10-17-16(3,5-2)11-18)12-8-6-7-9-15(12)19-14/h6-9,17-18H,4-5,10-11H2,1-3H3. The molecular formula is C16H23NO2. The van der Waals surface area contributed by atoms with E-state index in [0.29, 0.717) is 0 Å². The highest BCUT2D eigenvalue weighted by Crippen LogP contribution is 2.26. The van der Waals surface area contributed by atoms with Crippen LogP contribution in [0.5, 0.6) is 0 Å². The molecule has 2 N–H and O–H groups in total. The van der Waals surface area contributed by atoms with Gasteiger partial charge in [0.1, 0.15) is 11.3 Å². The van der Waals surface area contributed by atoms with Gasteiger partial charge in [-0.25, -0.2) is 0 Å². The highest BCUT2D eigenvalue weighted by molar-refractivity contribution is 5.82. The van der Waals surface area contributed by atoms with Crippen LogP contribution >= 0.6 is 0 Å². The van der Waals surface area contributed by atoms with Gasteiger partial charge in [0, 0.05) is 29.5 Å². The zero-order chi connectivity index (χ0) is 13.9. The molecular weight excluding hydrogens is 238 g/mol.